The summed E-state index contributed by atoms with van der Waals surface area (Å²) in [5.74, 6) is -1.24. The molecule has 0 bridgehead atoms. The fourth-order valence-electron chi connectivity index (χ4n) is 5.11. The van der Waals surface area contributed by atoms with Crippen LogP contribution in [0, 0.1) is 11.8 Å². The topological polar surface area (TPSA) is 125 Å². The second-order valence-corrected chi connectivity index (χ2v) is 12.4. The van der Waals surface area contributed by atoms with Gasteiger partial charge in [-0.15, -0.1) is 0 Å². The Morgan fingerprint density at radius 3 is 2.08 bits per heavy atom. The lowest BCUT2D eigenvalue weighted by Crippen LogP contribution is -2.64. The number of rotatable bonds is 8. The summed E-state index contributed by atoms with van der Waals surface area (Å²) in [6.45, 7) is 9.14. The predicted octanol–water partition coefficient (Wildman–Crippen LogP) is 2.56. The smallest absolute Gasteiger partial charge is 0.246 e. The molecule has 1 aromatic rings. The Labute approximate surface area is 235 Å². The summed E-state index contributed by atoms with van der Waals surface area (Å²) >= 11 is 1.28. The van der Waals surface area contributed by atoms with Gasteiger partial charge in [-0.2, -0.15) is 0 Å². The molecule has 4 atom stereocenters. The summed E-state index contributed by atoms with van der Waals surface area (Å²) in [5.41, 5.74) is 1.95. The lowest BCUT2D eigenvalue weighted by atomic mass is 9.91. The molecule has 2 aliphatic heterocycles. The Kier molecular flexibility index (Phi) is 11.0. The van der Waals surface area contributed by atoms with Crippen molar-refractivity contribution in [3.63, 3.8) is 0 Å². The van der Waals surface area contributed by atoms with Crippen LogP contribution < -0.4 is 16.0 Å². The van der Waals surface area contributed by atoms with Crippen LogP contribution in [-0.2, 0) is 36.9 Å². The van der Waals surface area contributed by atoms with Gasteiger partial charge in [0.05, 0.1) is 0 Å². The molecule has 9 nitrogen and oxygen atoms in total. The molecule has 0 saturated carbocycles. The van der Waals surface area contributed by atoms with Gasteiger partial charge in [-0.25, -0.2) is 0 Å². The van der Waals surface area contributed by atoms with Crippen LogP contribution in [0.25, 0.3) is 0 Å². The zero-order valence-electron chi connectivity index (χ0n) is 23.6. The molecule has 2 heterocycles. The van der Waals surface area contributed by atoms with Crippen molar-refractivity contribution in [1.82, 2.24) is 20.9 Å². The third kappa shape index (κ3) is 8.06. The number of nitrogens with one attached hydrogen (secondary N) is 3. The highest BCUT2D eigenvalue weighted by atomic mass is 32.2. The van der Waals surface area contributed by atoms with Crippen LogP contribution in [0.3, 0.4) is 0 Å². The van der Waals surface area contributed by atoms with Crippen molar-refractivity contribution in [3.05, 3.63) is 35.4 Å². The van der Waals surface area contributed by atoms with E-state index in [1.165, 1.54) is 11.8 Å². The molecule has 4 amide bonds. The average molecular weight is 559 g/mol. The summed E-state index contributed by atoms with van der Waals surface area (Å²) in [4.78, 5) is 67.2. The number of unbranched alkanes of at least 4 members (excludes halogenated alkanes) is 2. The fraction of sp³-hybridized carbons (Fsp3) is 0.621. The van der Waals surface area contributed by atoms with Gasteiger partial charge in [0, 0.05) is 25.6 Å². The molecule has 214 valence electrons. The van der Waals surface area contributed by atoms with Gasteiger partial charge >= 0.3 is 0 Å². The predicted molar refractivity (Wildman–Crippen MR) is 152 cm³/mol. The second kappa shape index (κ2) is 14.0. The van der Waals surface area contributed by atoms with Gasteiger partial charge < -0.3 is 20.9 Å². The number of amides is 4. The number of nitrogens with zero attached hydrogens (tertiary/aromatic N) is 1. The minimum absolute atomic E-state index is 0.0768. The lowest BCUT2D eigenvalue weighted by Gasteiger charge is -2.40. The third-order valence-electron chi connectivity index (χ3n) is 7.39. The van der Waals surface area contributed by atoms with E-state index < -0.39 is 36.0 Å². The summed E-state index contributed by atoms with van der Waals surface area (Å²) < 4.78 is 0. The van der Waals surface area contributed by atoms with Crippen LogP contribution in [-0.4, -0.2) is 63.6 Å². The van der Waals surface area contributed by atoms with Crippen LogP contribution in [0.2, 0.25) is 0 Å². The largest absolute Gasteiger partial charge is 0.343 e. The van der Waals surface area contributed by atoms with Gasteiger partial charge in [0.2, 0.25) is 23.6 Å². The Hall–Kier alpha value is -2.88. The first kappa shape index (κ1) is 30.7. The summed E-state index contributed by atoms with van der Waals surface area (Å²) in [5, 5.41) is 8.72. The monoisotopic (exact) mass is 558 g/mol. The zero-order valence-corrected chi connectivity index (χ0v) is 24.4. The second-order valence-electron chi connectivity index (χ2n) is 11.2. The van der Waals surface area contributed by atoms with E-state index >= 15 is 0 Å². The van der Waals surface area contributed by atoms with Gasteiger partial charge in [0.15, 0.2) is 5.12 Å². The van der Waals surface area contributed by atoms with Crippen molar-refractivity contribution >= 4 is 40.5 Å². The molecule has 0 radical (unpaired) electrons. The van der Waals surface area contributed by atoms with E-state index in [9.17, 15) is 24.0 Å². The molecule has 1 fully saturated rings. The minimum Gasteiger partial charge on any atom is -0.343 e. The Morgan fingerprint density at radius 2 is 1.46 bits per heavy atom. The third-order valence-corrected chi connectivity index (χ3v) is 8.28. The van der Waals surface area contributed by atoms with E-state index in [0.29, 0.717) is 25.0 Å². The van der Waals surface area contributed by atoms with Gasteiger partial charge in [-0.05, 0) is 35.8 Å². The number of carbonyl (C=O) groups is 5. The molecule has 39 heavy (non-hydrogen) atoms. The van der Waals surface area contributed by atoms with Crippen molar-refractivity contribution in [2.75, 3.05) is 5.75 Å². The quantitative estimate of drug-likeness (QED) is 0.421. The highest BCUT2D eigenvalue weighted by molar-refractivity contribution is 8.13. The Bertz CT molecular complexity index is 1080. The summed E-state index contributed by atoms with van der Waals surface area (Å²) in [6.07, 6.45) is 3.02. The fourth-order valence-corrected chi connectivity index (χ4v) is 5.75. The van der Waals surface area contributed by atoms with Crippen molar-refractivity contribution in [2.45, 2.75) is 97.4 Å². The molecular formula is C29H42N4O5S. The lowest BCUT2D eigenvalue weighted by molar-refractivity contribution is -0.147. The summed E-state index contributed by atoms with van der Waals surface area (Å²) in [6, 6.07) is 4.40. The van der Waals surface area contributed by atoms with Gasteiger partial charge in [0.25, 0.3) is 0 Å². The number of fused-ring (bicyclic) bond motifs is 2. The highest BCUT2D eigenvalue weighted by Gasteiger charge is 2.41. The molecule has 3 rings (SSSR count). The van der Waals surface area contributed by atoms with E-state index in [1.807, 2.05) is 52.0 Å². The summed E-state index contributed by atoms with van der Waals surface area (Å²) in [7, 11) is 0. The van der Waals surface area contributed by atoms with Crippen molar-refractivity contribution in [1.29, 1.82) is 0 Å². The maximum absolute atomic E-state index is 14.1. The van der Waals surface area contributed by atoms with Crippen LogP contribution >= 0.6 is 11.8 Å². The number of thioether (sulfide) groups is 1. The van der Waals surface area contributed by atoms with E-state index in [0.717, 1.165) is 24.0 Å². The van der Waals surface area contributed by atoms with Crippen molar-refractivity contribution < 1.29 is 24.0 Å². The molecule has 2 aliphatic rings. The number of hydrogen-bond acceptors (Lipinski definition) is 6. The molecule has 0 spiro atoms. The standard InChI is InChI=1S/C29H42N4O5S/c1-17(2)24-27(36)30-22(13-7-6-10-14-39-19(5)34)29(38)33-16-21-12-9-8-11-20(21)15-23(33)26(35)31-25(18(3)4)28(37)32-24/h8-9,11-12,17-18,22-25H,6-7,10,13-16H2,1-5H3,(H,30,36)(H,31,35)(H,32,37)/t22-,23+,24+,25-/m0/s1. The molecule has 0 aliphatic carbocycles. The van der Waals surface area contributed by atoms with E-state index in [-0.39, 0.29) is 35.3 Å². The van der Waals surface area contributed by atoms with E-state index in [1.54, 1.807) is 11.8 Å². The molecule has 0 aromatic heterocycles. The first-order valence-corrected chi connectivity index (χ1v) is 14.9. The van der Waals surface area contributed by atoms with E-state index in [4.69, 9.17) is 0 Å². The number of carbonyl (C=O) groups excluding carboxylic acids is 5. The Morgan fingerprint density at radius 1 is 0.872 bits per heavy atom. The average Bonchev–Trinajstić information content (AvgIpc) is 2.88. The molecule has 1 aromatic carbocycles. The maximum atomic E-state index is 14.1. The highest BCUT2D eigenvalue weighted by Crippen LogP contribution is 2.26. The van der Waals surface area contributed by atoms with Gasteiger partial charge in [0.1, 0.15) is 24.2 Å². The van der Waals surface area contributed by atoms with Gasteiger partial charge in [-0.1, -0.05) is 76.6 Å². The molecule has 0 unspecified atom stereocenters. The van der Waals surface area contributed by atoms with Crippen LogP contribution in [0.15, 0.2) is 24.3 Å². The maximum Gasteiger partial charge on any atom is 0.246 e. The van der Waals surface area contributed by atoms with Gasteiger partial charge in [-0.3, -0.25) is 24.0 Å². The molecule has 10 heteroatoms. The van der Waals surface area contributed by atoms with Crippen molar-refractivity contribution in [3.8, 4) is 0 Å². The zero-order chi connectivity index (χ0) is 28.7. The number of benzene rings is 1. The SMILES string of the molecule is CC(=O)SCCCCC[C@@H]1NC(=O)[C@@H](C(C)C)NC(=O)[C@H](C(C)C)NC(=O)[C@H]2Cc3ccccc3CN2C1=O. The van der Waals surface area contributed by atoms with E-state index in [2.05, 4.69) is 16.0 Å². The molecular weight excluding hydrogens is 516 g/mol. The normalized spacial score (nSPS) is 24.2. The van der Waals surface area contributed by atoms with Crippen LogP contribution in [0.5, 0.6) is 0 Å². The van der Waals surface area contributed by atoms with Crippen LogP contribution in [0.1, 0.15) is 71.4 Å². The minimum atomic E-state index is -0.852. The first-order chi connectivity index (χ1) is 18.5. The molecule has 3 N–H and O–H groups in total. The van der Waals surface area contributed by atoms with Crippen LogP contribution in [0.4, 0.5) is 0 Å². The number of hydrogen-bond donors (Lipinski definition) is 3. The Balaban J connectivity index is 1.93. The molecule has 1 saturated heterocycles. The van der Waals surface area contributed by atoms with Crippen molar-refractivity contribution in [2.24, 2.45) is 11.8 Å². The first-order valence-electron chi connectivity index (χ1n) is 13.9.